The number of hydrogen-bond acceptors (Lipinski definition) is 4. The Morgan fingerprint density at radius 1 is 0.688 bits per heavy atom. The fraction of sp³-hybridized carbons (Fsp3) is 0. The average Bonchev–Trinajstić information content (AvgIpc) is 3.52. The smallest absolute Gasteiger partial charge is 0.296 e. The van der Waals surface area contributed by atoms with Gasteiger partial charge in [-0.1, -0.05) is 24.3 Å². The number of fused-ring (bicyclic) bond motifs is 11. The second kappa shape index (κ2) is 6.74. The Morgan fingerprint density at radius 2 is 1.34 bits per heavy atom. The molecule has 0 radical (unpaired) electrons. The fourth-order valence-electron chi connectivity index (χ4n) is 4.03. The van der Waals surface area contributed by atoms with E-state index in [1.165, 1.54) is 6.07 Å². The Labute approximate surface area is 182 Å². The van der Waals surface area contributed by atoms with Crippen LogP contribution in [0.15, 0.2) is 71.6 Å². The summed E-state index contributed by atoms with van der Waals surface area (Å²) in [6.45, 7) is 0. The Bertz CT molecular complexity index is 1710. The molecule has 1 aromatic carbocycles. The minimum atomic E-state index is -4.44. The standard InChI is InChI=1S/C24H16N4O3S/c29-32(30,31)24-12-18-10-16-6-5-14(25-16)9-15-7-8-17(26-15)11-21-19-3-1-2-4-20(19)22(28-21)13-23(24)27-18/h1-13,25,27H,(H,29,30,31). The molecule has 4 aromatic rings. The van der Waals surface area contributed by atoms with Crippen LogP contribution in [0.5, 0.6) is 0 Å². The first kappa shape index (κ1) is 18.7. The molecule has 32 heavy (non-hydrogen) atoms. The first-order chi connectivity index (χ1) is 15.4. The van der Waals surface area contributed by atoms with Crippen LogP contribution in [0.1, 0.15) is 11.4 Å². The quantitative estimate of drug-likeness (QED) is 0.309. The number of rotatable bonds is 1. The summed E-state index contributed by atoms with van der Waals surface area (Å²) in [4.78, 5) is 15.6. The highest BCUT2D eigenvalue weighted by molar-refractivity contribution is 7.86. The van der Waals surface area contributed by atoms with E-state index in [1.54, 1.807) is 12.1 Å². The second-order valence-electron chi connectivity index (χ2n) is 7.65. The maximum absolute atomic E-state index is 12.1. The SMILES string of the molecule is O=S(=O)(O)c1cc2cc3ccc(cc4nc(cc5nc(cc1[nH]2)-c1ccccc1-5)C=C4)[nH]3. The molecular weight excluding hydrogens is 424 g/mol. The van der Waals surface area contributed by atoms with Crippen LogP contribution in [0, 0.1) is 0 Å². The lowest BCUT2D eigenvalue weighted by atomic mass is 10.0. The molecule has 0 spiro atoms. The van der Waals surface area contributed by atoms with Gasteiger partial charge in [0.1, 0.15) is 4.90 Å². The number of benzene rings is 1. The van der Waals surface area contributed by atoms with Gasteiger partial charge in [0.2, 0.25) is 0 Å². The summed E-state index contributed by atoms with van der Waals surface area (Å²) in [5, 5.41) is 0. The number of hydrogen-bond donors (Lipinski definition) is 3. The minimum Gasteiger partial charge on any atom is -0.355 e. The topological polar surface area (TPSA) is 112 Å². The van der Waals surface area contributed by atoms with Crippen molar-refractivity contribution in [1.29, 1.82) is 0 Å². The molecule has 3 N–H and O–H groups in total. The lowest BCUT2D eigenvalue weighted by Gasteiger charge is -1.97. The maximum Gasteiger partial charge on any atom is 0.296 e. The van der Waals surface area contributed by atoms with Crippen molar-refractivity contribution >= 4 is 44.3 Å². The van der Waals surface area contributed by atoms with Gasteiger partial charge < -0.3 is 9.97 Å². The van der Waals surface area contributed by atoms with Gasteiger partial charge in [0.05, 0.1) is 28.3 Å². The summed E-state index contributed by atoms with van der Waals surface area (Å²) in [5.74, 6) is 0. The number of nitrogens with zero attached hydrogens (tertiary/aromatic N) is 2. The largest absolute Gasteiger partial charge is 0.355 e. The van der Waals surface area contributed by atoms with Crippen LogP contribution in [0.25, 0.3) is 56.7 Å². The van der Waals surface area contributed by atoms with Crippen molar-refractivity contribution in [2.24, 2.45) is 0 Å². The predicted octanol–water partition coefficient (Wildman–Crippen LogP) is 5.07. The van der Waals surface area contributed by atoms with Gasteiger partial charge >= 0.3 is 0 Å². The van der Waals surface area contributed by atoms with Crippen molar-refractivity contribution in [1.82, 2.24) is 19.9 Å². The first-order valence-electron chi connectivity index (χ1n) is 9.90. The summed E-state index contributed by atoms with van der Waals surface area (Å²) >= 11 is 0. The van der Waals surface area contributed by atoms with Crippen LogP contribution in [0.2, 0.25) is 0 Å². The van der Waals surface area contributed by atoms with Crippen LogP contribution in [-0.4, -0.2) is 32.9 Å². The Kier molecular flexibility index (Phi) is 3.95. The van der Waals surface area contributed by atoms with Crippen molar-refractivity contribution < 1.29 is 13.0 Å². The maximum atomic E-state index is 12.1. The van der Waals surface area contributed by atoms with Crippen molar-refractivity contribution in [3.05, 3.63) is 78.1 Å². The van der Waals surface area contributed by atoms with Gasteiger partial charge in [-0.05, 0) is 54.6 Å². The molecule has 0 amide bonds. The highest BCUT2D eigenvalue weighted by Gasteiger charge is 2.19. The van der Waals surface area contributed by atoms with Gasteiger partial charge in [0.15, 0.2) is 0 Å². The van der Waals surface area contributed by atoms with Gasteiger partial charge in [0.25, 0.3) is 10.1 Å². The zero-order valence-electron chi connectivity index (χ0n) is 16.6. The third-order valence-corrected chi connectivity index (χ3v) is 6.32. The summed E-state index contributed by atoms with van der Waals surface area (Å²) in [5.41, 5.74) is 7.14. The van der Waals surface area contributed by atoms with E-state index in [2.05, 4.69) is 15.0 Å². The van der Waals surface area contributed by atoms with Crippen molar-refractivity contribution in [3.63, 3.8) is 0 Å². The number of aromatic amines is 2. The van der Waals surface area contributed by atoms with E-state index in [9.17, 15) is 13.0 Å². The summed E-state index contributed by atoms with van der Waals surface area (Å²) in [7, 11) is -4.44. The van der Waals surface area contributed by atoms with Crippen LogP contribution in [0.4, 0.5) is 0 Å². The van der Waals surface area contributed by atoms with Crippen LogP contribution < -0.4 is 0 Å². The molecule has 0 fully saturated rings. The molecule has 0 saturated heterocycles. The van der Waals surface area contributed by atoms with Gasteiger partial charge in [-0.15, -0.1) is 0 Å². The zero-order valence-corrected chi connectivity index (χ0v) is 17.4. The molecule has 156 valence electrons. The molecule has 3 aromatic heterocycles. The molecule has 0 atom stereocenters. The minimum absolute atomic E-state index is 0.203. The Morgan fingerprint density at radius 3 is 2.06 bits per heavy atom. The summed E-state index contributed by atoms with van der Waals surface area (Å²) in [6.07, 6.45) is 3.88. The van der Waals surface area contributed by atoms with Crippen LogP contribution in [-0.2, 0) is 10.1 Å². The van der Waals surface area contributed by atoms with Crippen molar-refractivity contribution in [2.45, 2.75) is 4.90 Å². The van der Waals surface area contributed by atoms with Crippen LogP contribution in [0.3, 0.4) is 0 Å². The molecule has 8 heteroatoms. The molecular formula is C24H16N4O3S. The molecule has 0 unspecified atom stereocenters. The van der Waals surface area contributed by atoms with Gasteiger partial charge in [-0.25, -0.2) is 9.97 Å². The number of aromatic nitrogens is 4. The highest BCUT2D eigenvalue weighted by atomic mass is 32.2. The van der Waals surface area contributed by atoms with Crippen molar-refractivity contribution in [3.8, 4) is 22.5 Å². The highest BCUT2D eigenvalue weighted by Crippen LogP contribution is 2.36. The molecule has 7 nitrogen and oxygen atoms in total. The average molecular weight is 440 g/mol. The third-order valence-electron chi connectivity index (χ3n) is 5.42. The van der Waals surface area contributed by atoms with E-state index in [1.807, 2.05) is 60.7 Å². The molecule has 5 heterocycles. The van der Waals surface area contributed by atoms with E-state index in [-0.39, 0.29) is 10.4 Å². The molecule has 0 saturated carbocycles. The van der Waals surface area contributed by atoms with Crippen molar-refractivity contribution in [2.75, 3.05) is 0 Å². The molecule has 2 aliphatic heterocycles. The monoisotopic (exact) mass is 440 g/mol. The third kappa shape index (κ3) is 3.22. The normalized spacial score (nSPS) is 12.7. The summed E-state index contributed by atoms with van der Waals surface area (Å²) < 4.78 is 33.9. The molecule has 0 aliphatic carbocycles. The first-order valence-corrected chi connectivity index (χ1v) is 11.3. The van der Waals surface area contributed by atoms with Gasteiger partial charge in [-0.3, -0.25) is 4.55 Å². The predicted molar refractivity (Wildman–Crippen MR) is 124 cm³/mol. The van der Waals surface area contributed by atoms with E-state index in [0.29, 0.717) is 11.2 Å². The Hall–Kier alpha value is -4.01. The number of H-pyrrole nitrogens is 2. The number of nitrogens with one attached hydrogen (secondary N) is 2. The lowest BCUT2D eigenvalue weighted by molar-refractivity contribution is 0.484. The molecule has 6 rings (SSSR count). The molecule has 8 bridgehead atoms. The van der Waals surface area contributed by atoms with E-state index >= 15 is 0 Å². The van der Waals surface area contributed by atoms with Crippen LogP contribution >= 0.6 is 0 Å². The Balaban J connectivity index is 1.77. The second-order valence-corrected chi connectivity index (χ2v) is 9.04. The fourth-order valence-corrected chi connectivity index (χ4v) is 4.69. The van der Waals surface area contributed by atoms with Gasteiger partial charge in [0, 0.05) is 27.7 Å². The van der Waals surface area contributed by atoms with Gasteiger partial charge in [-0.2, -0.15) is 8.42 Å². The zero-order chi connectivity index (χ0) is 21.9. The van der Waals surface area contributed by atoms with E-state index in [0.717, 1.165) is 39.2 Å². The molecule has 2 aliphatic rings. The van der Waals surface area contributed by atoms with E-state index < -0.39 is 10.1 Å². The summed E-state index contributed by atoms with van der Waals surface area (Å²) in [6, 6.07) is 20.2. The van der Waals surface area contributed by atoms with E-state index in [4.69, 9.17) is 4.98 Å². The lowest BCUT2D eigenvalue weighted by Crippen LogP contribution is -1.96.